The second-order valence-corrected chi connectivity index (χ2v) is 7.19. The van der Waals surface area contributed by atoms with Gasteiger partial charge in [0.1, 0.15) is 0 Å². The van der Waals surface area contributed by atoms with E-state index in [-0.39, 0.29) is 12.1 Å². The Morgan fingerprint density at radius 3 is 2.25 bits per heavy atom. The lowest BCUT2D eigenvalue weighted by Gasteiger charge is -2.37. The van der Waals surface area contributed by atoms with Crippen molar-refractivity contribution in [3.8, 4) is 0 Å². The van der Waals surface area contributed by atoms with Crippen LogP contribution in [0.15, 0.2) is 34.2 Å². The van der Waals surface area contributed by atoms with E-state index in [4.69, 9.17) is 0 Å². The lowest BCUT2D eigenvalue weighted by atomic mass is 10.0. The zero-order valence-corrected chi connectivity index (χ0v) is 13.2. The molecule has 6 heteroatoms. The van der Waals surface area contributed by atoms with Crippen LogP contribution in [-0.4, -0.2) is 30.0 Å². The lowest BCUT2D eigenvalue weighted by Crippen LogP contribution is -2.47. The van der Waals surface area contributed by atoms with Crippen LogP contribution in [0.4, 0.5) is 5.69 Å². The maximum atomic E-state index is 12.7. The number of thiocarbonyl (C=S) groups is 1. The minimum atomic E-state index is -3.45. The summed E-state index contributed by atoms with van der Waals surface area (Å²) < 4.78 is 27.1. The van der Waals surface area contributed by atoms with Gasteiger partial charge in [-0.25, -0.2) is 8.42 Å². The van der Waals surface area contributed by atoms with E-state index >= 15 is 0 Å². The van der Waals surface area contributed by atoms with Gasteiger partial charge in [-0.3, -0.25) is 0 Å². The first kappa shape index (κ1) is 15.3. The molecule has 0 unspecified atom stereocenters. The quantitative estimate of drug-likeness (QED) is 0.635. The van der Waals surface area contributed by atoms with Crippen LogP contribution in [0.3, 0.4) is 0 Å². The maximum absolute atomic E-state index is 12.7. The Labute approximate surface area is 125 Å². The molecule has 108 valence electrons. The number of piperidine rings is 1. The smallest absolute Gasteiger partial charge is 0.207 e. The second-order valence-electron chi connectivity index (χ2n) is 5.16. The summed E-state index contributed by atoms with van der Waals surface area (Å²) in [6, 6.07) is 6.53. The Kier molecular flexibility index (Phi) is 4.70. The fourth-order valence-electron chi connectivity index (χ4n) is 2.74. The fraction of sp³-hybridized carbons (Fsp3) is 0.500. The van der Waals surface area contributed by atoms with Gasteiger partial charge in [0.25, 0.3) is 0 Å². The molecule has 1 aliphatic rings. The average Bonchev–Trinajstić information content (AvgIpc) is 2.39. The minimum absolute atomic E-state index is 0.0439. The molecule has 2 atom stereocenters. The van der Waals surface area contributed by atoms with Crippen molar-refractivity contribution in [1.82, 2.24) is 4.31 Å². The molecular formula is C14H18N2O2S2. The highest BCUT2D eigenvalue weighted by Gasteiger charge is 2.35. The van der Waals surface area contributed by atoms with E-state index in [1.807, 2.05) is 13.8 Å². The first-order chi connectivity index (χ1) is 9.46. The highest BCUT2D eigenvalue weighted by Crippen LogP contribution is 2.30. The molecule has 4 nitrogen and oxygen atoms in total. The summed E-state index contributed by atoms with van der Waals surface area (Å²) in [5.74, 6) is 0. The summed E-state index contributed by atoms with van der Waals surface area (Å²) in [6.07, 6.45) is 2.91. The Bertz CT molecular complexity index is 609. The zero-order valence-electron chi connectivity index (χ0n) is 11.6. The molecule has 0 aromatic heterocycles. The molecule has 1 fully saturated rings. The van der Waals surface area contributed by atoms with Crippen LogP contribution in [0.1, 0.15) is 33.1 Å². The second kappa shape index (κ2) is 6.14. The van der Waals surface area contributed by atoms with Crippen molar-refractivity contribution >= 4 is 33.1 Å². The van der Waals surface area contributed by atoms with Crippen molar-refractivity contribution in [3.63, 3.8) is 0 Å². The van der Waals surface area contributed by atoms with E-state index in [2.05, 4.69) is 22.4 Å². The molecular weight excluding hydrogens is 292 g/mol. The average molecular weight is 310 g/mol. The number of sulfonamides is 1. The number of hydrogen-bond acceptors (Lipinski definition) is 4. The predicted molar refractivity (Wildman–Crippen MR) is 82.9 cm³/mol. The van der Waals surface area contributed by atoms with Gasteiger partial charge in [0.2, 0.25) is 10.0 Å². The Morgan fingerprint density at radius 1 is 1.20 bits per heavy atom. The van der Waals surface area contributed by atoms with Crippen molar-refractivity contribution in [1.29, 1.82) is 0 Å². The molecule has 0 bridgehead atoms. The largest absolute Gasteiger partial charge is 0.243 e. The zero-order chi connectivity index (χ0) is 14.8. The van der Waals surface area contributed by atoms with Gasteiger partial charge in [-0.2, -0.15) is 9.30 Å². The Morgan fingerprint density at radius 2 is 1.75 bits per heavy atom. The molecule has 20 heavy (non-hydrogen) atoms. The summed E-state index contributed by atoms with van der Waals surface area (Å²) in [5.41, 5.74) is 0.610. The fourth-order valence-corrected chi connectivity index (χ4v) is 4.73. The molecule has 1 aromatic rings. The normalized spacial score (nSPS) is 24.1. The van der Waals surface area contributed by atoms with Gasteiger partial charge < -0.3 is 0 Å². The molecule has 0 spiro atoms. The topological polar surface area (TPSA) is 49.7 Å². The molecule has 1 saturated heterocycles. The third kappa shape index (κ3) is 2.99. The Hall–Kier alpha value is -1.07. The molecule has 0 aliphatic carbocycles. The molecule has 1 aliphatic heterocycles. The maximum Gasteiger partial charge on any atom is 0.243 e. The lowest BCUT2D eigenvalue weighted by molar-refractivity contribution is 0.204. The van der Waals surface area contributed by atoms with Gasteiger partial charge in [-0.05, 0) is 63.2 Å². The summed E-state index contributed by atoms with van der Waals surface area (Å²) in [7, 11) is -3.45. The molecule has 0 amide bonds. The molecule has 1 heterocycles. The van der Waals surface area contributed by atoms with Crippen LogP contribution in [0.2, 0.25) is 0 Å². The van der Waals surface area contributed by atoms with Gasteiger partial charge >= 0.3 is 0 Å². The van der Waals surface area contributed by atoms with Crippen LogP contribution < -0.4 is 0 Å². The number of isothiocyanates is 1. The summed E-state index contributed by atoms with van der Waals surface area (Å²) in [5, 5.41) is 2.27. The Balaban J connectivity index is 2.36. The van der Waals surface area contributed by atoms with Gasteiger partial charge in [0.15, 0.2) is 0 Å². The monoisotopic (exact) mass is 310 g/mol. The van der Waals surface area contributed by atoms with E-state index in [0.717, 1.165) is 19.3 Å². The minimum Gasteiger partial charge on any atom is -0.207 e. The third-order valence-corrected chi connectivity index (χ3v) is 5.93. The summed E-state index contributed by atoms with van der Waals surface area (Å²) in [6.45, 7) is 3.94. The predicted octanol–water partition coefficient (Wildman–Crippen LogP) is 3.37. The number of nitrogens with zero attached hydrogens (tertiary/aromatic N) is 2. The highest BCUT2D eigenvalue weighted by molar-refractivity contribution is 7.89. The highest BCUT2D eigenvalue weighted by atomic mass is 32.2. The van der Waals surface area contributed by atoms with Crippen LogP contribution in [0, 0.1) is 0 Å². The standard InChI is InChI=1S/C14H18N2O2S2/c1-11-4-3-5-12(2)16(11)20(17,18)14-8-6-13(7-9-14)15-10-19/h6-9,11-12H,3-5H2,1-2H3/t11-,12-/m0/s1. The van der Waals surface area contributed by atoms with Crippen LogP contribution in [0.5, 0.6) is 0 Å². The molecule has 0 saturated carbocycles. The molecule has 2 rings (SSSR count). The van der Waals surface area contributed by atoms with Crippen molar-refractivity contribution < 1.29 is 8.42 Å². The van der Waals surface area contributed by atoms with Crippen molar-refractivity contribution in [2.75, 3.05) is 0 Å². The van der Waals surface area contributed by atoms with Gasteiger partial charge in [-0.15, -0.1) is 0 Å². The van der Waals surface area contributed by atoms with Crippen molar-refractivity contribution in [3.05, 3.63) is 24.3 Å². The molecule has 0 radical (unpaired) electrons. The van der Waals surface area contributed by atoms with Gasteiger partial charge in [0.05, 0.1) is 15.7 Å². The SMILES string of the molecule is C[C@H]1CCC[C@H](C)N1S(=O)(=O)c1ccc(N=C=S)cc1. The van der Waals surface area contributed by atoms with E-state index in [1.54, 1.807) is 28.6 Å². The molecule has 0 N–H and O–H groups in total. The van der Waals surface area contributed by atoms with E-state index in [0.29, 0.717) is 10.6 Å². The van der Waals surface area contributed by atoms with Crippen LogP contribution in [0.25, 0.3) is 0 Å². The van der Waals surface area contributed by atoms with Crippen molar-refractivity contribution in [2.45, 2.75) is 50.1 Å². The first-order valence-corrected chi connectivity index (χ1v) is 8.53. The van der Waals surface area contributed by atoms with E-state index < -0.39 is 10.0 Å². The third-order valence-electron chi connectivity index (χ3n) is 3.70. The van der Waals surface area contributed by atoms with Gasteiger partial charge in [-0.1, -0.05) is 6.42 Å². The van der Waals surface area contributed by atoms with Crippen LogP contribution >= 0.6 is 12.2 Å². The first-order valence-electron chi connectivity index (χ1n) is 6.68. The molecule has 1 aromatic carbocycles. The van der Waals surface area contributed by atoms with E-state index in [9.17, 15) is 8.42 Å². The van der Waals surface area contributed by atoms with Crippen molar-refractivity contribution in [2.24, 2.45) is 4.99 Å². The van der Waals surface area contributed by atoms with Crippen LogP contribution in [-0.2, 0) is 10.0 Å². The van der Waals surface area contributed by atoms with E-state index in [1.165, 1.54) is 0 Å². The number of aliphatic imine (C=N–C) groups is 1. The number of rotatable bonds is 3. The van der Waals surface area contributed by atoms with Gasteiger partial charge in [0, 0.05) is 12.1 Å². The summed E-state index contributed by atoms with van der Waals surface area (Å²) >= 11 is 4.53. The number of hydrogen-bond donors (Lipinski definition) is 0. The number of benzene rings is 1. The summed E-state index contributed by atoms with van der Waals surface area (Å²) in [4.78, 5) is 4.14.